The van der Waals surface area contributed by atoms with Gasteiger partial charge in [0.2, 0.25) is 5.88 Å². The van der Waals surface area contributed by atoms with Gasteiger partial charge in [-0.3, -0.25) is 0 Å². The van der Waals surface area contributed by atoms with Gasteiger partial charge in [0.15, 0.2) is 0 Å². The monoisotopic (exact) mass is 346 g/mol. The maximum atomic E-state index is 12.3. The van der Waals surface area contributed by atoms with Crippen molar-refractivity contribution < 1.29 is 9.53 Å². The molecule has 2 aromatic carbocycles. The normalized spacial score (nSPS) is 11.2. The van der Waals surface area contributed by atoms with Crippen LogP contribution in [-0.2, 0) is 4.79 Å². The zero-order chi connectivity index (χ0) is 18.5. The number of ether oxygens (including phenoxy) is 1. The number of para-hydroxylation sites is 1. The van der Waals surface area contributed by atoms with E-state index in [9.17, 15) is 4.79 Å². The highest BCUT2D eigenvalue weighted by atomic mass is 16.5. The predicted octanol–water partition coefficient (Wildman–Crippen LogP) is 4.92. The lowest BCUT2D eigenvalue weighted by atomic mass is 10.1. The molecule has 3 rings (SSSR count). The van der Waals surface area contributed by atoms with Crippen molar-refractivity contribution in [3.63, 3.8) is 0 Å². The minimum atomic E-state index is -0.432. The molecule has 0 aliphatic rings. The quantitative estimate of drug-likeness (QED) is 0.486. The Morgan fingerprint density at radius 1 is 1.08 bits per heavy atom. The van der Waals surface area contributed by atoms with E-state index in [0.717, 1.165) is 22.5 Å². The Balaban J connectivity index is 1.88. The van der Waals surface area contributed by atoms with Crippen molar-refractivity contribution in [2.75, 3.05) is 0 Å². The van der Waals surface area contributed by atoms with Crippen LogP contribution < -0.4 is 4.74 Å². The Hall–Kier alpha value is -3.14. The van der Waals surface area contributed by atoms with Crippen LogP contribution in [-0.4, -0.2) is 15.7 Å². The van der Waals surface area contributed by atoms with E-state index < -0.39 is 5.97 Å². The van der Waals surface area contributed by atoms with Crippen LogP contribution in [0.1, 0.15) is 36.6 Å². The summed E-state index contributed by atoms with van der Waals surface area (Å²) in [5, 5.41) is 4.63. The van der Waals surface area contributed by atoms with Crippen molar-refractivity contribution in [2.45, 2.75) is 26.7 Å². The zero-order valence-electron chi connectivity index (χ0n) is 15.2. The Kier molecular flexibility index (Phi) is 5.32. The summed E-state index contributed by atoms with van der Waals surface area (Å²) in [6, 6.07) is 19.3. The lowest BCUT2D eigenvalue weighted by Crippen LogP contribution is -2.09. The molecule has 0 bridgehead atoms. The minimum Gasteiger partial charge on any atom is -0.404 e. The van der Waals surface area contributed by atoms with E-state index in [1.807, 2.05) is 67.6 Å². The van der Waals surface area contributed by atoms with Crippen LogP contribution in [0.15, 0.2) is 66.7 Å². The Labute approximate surface area is 153 Å². The number of benzene rings is 2. The fourth-order valence-electron chi connectivity index (χ4n) is 2.58. The number of nitrogens with zero attached hydrogens (tertiary/aromatic N) is 2. The molecule has 0 unspecified atom stereocenters. The molecule has 1 heterocycles. The fraction of sp³-hybridized carbons (Fsp3) is 0.182. The number of hydrogen-bond donors (Lipinski definition) is 0. The maximum absolute atomic E-state index is 12.3. The zero-order valence-corrected chi connectivity index (χ0v) is 15.2. The second-order valence-corrected chi connectivity index (χ2v) is 6.43. The molecule has 1 aromatic heterocycles. The van der Waals surface area contributed by atoms with E-state index in [1.54, 1.807) is 10.8 Å². The molecule has 0 aliphatic heterocycles. The molecular formula is C22H22N2O2. The van der Waals surface area contributed by atoms with Gasteiger partial charge in [0.1, 0.15) is 0 Å². The Morgan fingerprint density at radius 3 is 2.46 bits per heavy atom. The first kappa shape index (κ1) is 17.7. The van der Waals surface area contributed by atoms with E-state index in [-0.39, 0.29) is 5.92 Å². The SMILES string of the molecule is Cc1ccccc1-n1nc(C(C)C)cc1OC(=O)/C=C/c1ccccc1. The highest BCUT2D eigenvalue weighted by molar-refractivity contribution is 5.88. The van der Waals surface area contributed by atoms with Gasteiger partial charge in [0.25, 0.3) is 0 Å². The van der Waals surface area contributed by atoms with E-state index in [4.69, 9.17) is 4.74 Å². The van der Waals surface area contributed by atoms with Crippen molar-refractivity contribution in [2.24, 2.45) is 0 Å². The summed E-state index contributed by atoms with van der Waals surface area (Å²) in [4.78, 5) is 12.3. The number of hydrogen-bond acceptors (Lipinski definition) is 3. The van der Waals surface area contributed by atoms with Crippen LogP contribution in [0.2, 0.25) is 0 Å². The average Bonchev–Trinajstić information content (AvgIpc) is 3.05. The Morgan fingerprint density at radius 2 is 1.77 bits per heavy atom. The molecule has 0 aliphatic carbocycles. The molecule has 0 saturated heterocycles. The summed E-state index contributed by atoms with van der Waals surface area (Å²) in [6.07, 6.45) is 3.17. The van der Waals surface area contributed by atoms with Crippen LogP contribution in [0.4, 0.5) is 0 Å². The molecule has 0 fully saturated rings. The van der Waals surface area contributed by atoms with Gasteiger partial charge in [-0.05, 0) is 36.1 Å². The van der Waals surface area contributed by atoms with E-state index in [1.165, 1.54) is 6.08 Å². The lowest BCUT2D eigenvalue weighted by Gasteiger charge is -2.09. The number of aryl methyl sites for hydroxylation is 1. The molecule has 4 nitrogen and oxygen atoms in total. The van der Waals surface area contributed by atoms with Crippen LogP contribution in [0.3, 0.4) is 0 Å². The van der Waals surface area contributed by atoms with Gasteiger partial charge in [0, 0.05) is 12.1 Å². The van der Waals surface area contributed by atoms with Crippen molar-refractivity contribution >= 4 is 12.0 Å². The second-order valence-electron chi connectivity index (χ2n) is 6.43. The first-order chi connectivity index (χ1) is 12.5. The summed E-state index contributed by atoms with van der Waals surface area (Å²) in [5.74, 6) is 0.224. The molecule has 0 atom stereocenters. The van der Waals surface area contributed by atoms with Gasteiger partial charge in [0.05, 0.1) is 11.4 Å². The fourth-order valence-corrected chi connectivity index (χ4v) is 2.58. The summed E-state index contributed by atoms with van der Waals surface area (Å²) in [5.41, 5.74) is 3.78. The number of carbonyl (C=O) groups excluding carboxylic acids is 1. The molecule has 26 heavy (non-hydrogen) atoms. The molecule has 3 aromatic rings. The van der Waals surface area contributed by atoms with Gasteiger partial charge in [-0.15, -0.1) is 0 Å². The molecular weight excluding hydrogens is 324 g/mol. The summed E-state index contributed by atoms with van der Waals surface area (Å²) >= 11 is 0. The lowest BCUT2D eigenvalue weighted by molar-refractivity contribution is -0.129. The first-order valence-electron chi connectivity index (χ1n) is 8.65. The van der Waals surface area contributed by atoms with E-state index in [2.05, 4.69) is 18.9 Å². The molecule has 4 heteroatoms. The van der Waals surface area contributed by atoms with Crippen LogP contribution >= 0.6 is 0 Å². The van der Waals surface area contributed by atoms with Crippen molar-refractivity contribution in [3.05, 3.63) is 83.6 Å². The van der Waals surface area contributed by atoms with E-state index >= 15 is 0 Å². The standard InChI is InChI=1S/C22H22N2O2/c1-16(2)19-15-21(24(23-19)20-12-8-7-9-17(20)3)26-22(25)14-13-18-10-5-4-6-11-18/h4-16H,1-3H3/b14-13+. The number of carbonyl (C=O) groups is 1. The van der Waals surface area contributed by atoms with Crippen molar-refractivity contribution in [1.82, 2.24) is 9.78 Å². The number of rotatable bonds is 5. The number of aromatic nitrogens is 2. The highest BCUT2D eigenvalue weighted by Gasteiger charge is 2.16. The summed E-state index contributed by atoms with van der Waals surface area (Å²) in [6.45, 7) is 6.13. The van der Waals surface area contributed by atoms with Crippen molar-refractivity contribution in [3.8, 4) is 11.6 Å². The summed E-state index contributed by atoms with van der Waals surface area (Å²) in [7, 11) is 0. The topological polar surface area (TPSA) is 44.1 Å². The van der Waals surface area contributed by atoms with Crippen LogP contribution in [0.25, 0.3) is 11.8 Å². The third kappa shape index (κ3) is 4.09. The van der Waals surface area contributed by atoms with Crippen LogP contribution in [0, 0.1) is 6.92 Å². The van der Waals surface area contributed by atoms with Crippen LogP contribution in [0.5, 0.6) is 5.88 Å². The third-order valence-electron chi connectivity index (χ3n) is 4.05. The van der Waals surface area contributed by atoms with Gasteiger partial charge in [-0.2, -0.15) is 5.10 Å². The minimum absolute atomic E-state index is 0.234. The smallest absolute Gasteiger partial charge is 0.337 e. The van der Waals surface area contributed by atoms with Crippen molar-refractivity contribution in [1.29, 1.82) is 0 Å². The Bertz CT molecular complexity index is 924. The predicted molar refractivity (Wildman–Crippen MR) is 104 cm³/mol. The first-order valence-corrected chi connectivity index (χ1v) is 8.65. The summed E-state index contributed by atoms with van der Waals surface area (Å²) < 4.78 is 7.28. The average molecular weight is 346 g/mol. The second kappa shape index (κ2) is 7.83. The third-order valence-corrected chi connectivity index (χ3v) is 4.05. The highest BCUT2D eigenvalue weighted by Crippen LogP contribution is 2.25. The molecule has 132 valence electrons. The molecule has 0 amide bonds. The number of esters is 1. The molecule has 0 spiro atoms. The van der Waals surface area contributed by atoms with Gasteiger partial charge < -0.3 is 4.74 Å². The molecule has 0 saturated carbocycles. The van der Waals surface area contributed by atoms with Gasteiger partial charge >= 0.3 is 5.97 Å². The van der Waals surface area contributed by atoms with Gasteiger partial charge in [-0.1, -0.05) is 62.4 Å². The van der Waals surface area contributed by atoms with Gasteiger partial charge in [-0.25, -0.2) is 9.48 Å². The maximum Gasteiger partial charge on any atom is 0.337 e. The largest absolute Gasteiger partial charge is 0.404 e. The molecule has 0 radical (unpaired) electrons. The van der Waals surface area contributed by atoms with E-state index in [0.29, 0.717) is 5.88 Å². The molecule has 0 N–H and O–H groups in total.